The van der Waals surface area contributed by atoms with Gasteiger partial charge >= 0.3 is 0 Å². The molecule has 2 aromatic carbocycles. The van der Waals surface area contributed by atoms with Crippen molar-refractivity contribution in [3.63, 3.8) is 0 Å². The maximum atomic E-state index is 2.20. The zero-order chi connectivity index (χ0) is 14.4. The second kappa shape index (κ2) is 6.98. The van der Waals surface area contributed by atoms with E-state index in [1.807, 2.05) is 13.8 Å². The highest BCUT2D eigenvalue weighted by molar-refractivity contribution is 6.02. The van der Waals surface area contributed by atoms with Gasteiger partial charge in [-0.05, 0) is 36.4 Å². The summed E-state index contributed by atoms with van der Waals surface area (Å²) in [6.07, 6.45) is 2.17. The molecule has 0 aliphatic rings. The second-order valence-corrected chi connectivity index (χ2v) is 4.55. The molecule has 102 valence electrons. The fraction of sp³-hybridized carbons (Fsp3) is 0.333. The van der Waals surface area contributed by atoms with Gasteiger partial charge in [0.25, 0.3) is 0 Å². The van der Waals surface area contributed by atoms with Crippen molar-refractivity contribution in [2.45, 2.75) is 27.7 Å². The Bertz CT molecular complexity index is 560. The van der Waals surface area contributed by atoms with Gasteiger partial charge < -0.3 is 4.90 Å². The SMILES string of the molecule is CC.CC=C(C)c1cccc2cccc(N(C)C)c12. The summed E-state index contributed by atoms with van der Waals surface area (Å²) in [5, 5.41) is 2.64. The third kappa shape index (κ3) is 3.17. The number of hydrogen-bond donors (Lipinski definition) is 0. The monoisotopic (exact) mass is 255 g/mol. The average molecular weight is 255 g/mol. The van der Waals surface area contributed by atoms with Crippen LogP contribution in [0.1, 0.15) is 33.3 Å². The van der Waals surface area contributed by atoms with Gasteiger partial charge in [-0.15, -0.1) is 0 Å². The molecule has 0 spiro atoms. The second-order valence-electron chi connectivity index (χ2n) is 4.55. The Balaban J connectivity index is 0.000000861. The Labute approximate surface area is 117 Å². The van der Waals surface area contributed by atoms with E-state index in [1.165, 1.54) is 27.6 Å². The standard InChI is InChI=1S/C16H19N.C2H6/c1-5-12(2)14-10-6-8-13-9-7-11-15(16(13)14)17(3)4;1-2/h5-11H,1-4H3;1-2H3. The molecule has 0 atom stereocenters. The minimum Gasteiger partial charge on any atom is -0.377 e. The minimum atomic E-state index is 1.28. The van der Waals surface area contributed by atoms with Gasteiger partial charge in [0.1, 0.15) is 0 Å². The minimum absolute atomic E-state index is 1.28. The van der Waals surface area contributed by atoms with E-state index in [4.69, 9.17) is 0 Å². The molecule has 0 radical (unpaired) electrons. The number of allylic oxidation sites excluding steroid dienone is 2. The molecule has 0 aliphatic heterocycles. The van der Waals surface area contributed by atoms with Crippen LogP contribution in [0.15, 0.2) is 42.5 Å². The summed E-state index contributed by atoms with van der Waals surface area (Å²) in [6.45, 7) is 8.26. The van der Waals surface area contributed by atoms with E-state index < -0.39 is 0 Å². The highest BCUT2D eigenvalue weighted by atomic mass is 15.1. The van der Waals surface area contributed by atoms with Crippen molar-refractivity contribution in [3.8, 4) is 0 Å². The van der Waals surface area contributed by atoms with Gasteiger partial charge in [-0.25, -0.2) is 0 Å². The van der Waals surface area contributed by atoms with Gasteiger partial charge in [0.15, 0.2) is 0 Å². The zero-order valence-electron chi connectivity index (χ0n) is 13.0. The molecule has 2 rings (SSSR count). The van der Waals surface area contributed by atoms with Crippen LogP contribution < -0.4 is 4.90 Å². The lowest BCUT2D eigenvalue weighted by atomic mass is 9.97. The van der Waals surface area contributed by atoms with E-state index in [0.29, 0.717) is 0 Å². The van der Waals surface area contributed by atoms with E-state index in [9.17, 15) is 0 Å². The van der Waals surface area contributed by atoms with Crippen LogP contribution >= 0.6 is 0 Å². The normalized spacial score (nSPS) is 10.9. The number of hydrogen-bond acceptors (Lipinski definition) is 1. The van der Waals surface area contributed by atoms with E-state index in [1.54, 1.807) is 0 Å². The molecule has 0 aliphatic carbocycles. The highest BCUT2D eigenvalue weighted by Crippen LogP contribution is 2.32. The van der Waals surface area contributed by atoms with Crippen LogP contribution in [0, 0.1) is 0 Å². The third-order valence-electron chi connectivity index (χ3n) is 3.22. The highest BCUT2D eigenvalue weighted by Gasteiger charge is 2.08. The Morgan fingerprint density at radius 3 is 2.11 bits per heavy atom. The van der Waals surface area contributed by atoms with Gasteiger partial charge in [-0.1, -0.05) is 50.3 Å². The Kier molecular flexibility index (Phi) is 5.62. The molecular formula is C18H25N. The van der Waals surface area contributed by atoms with Crippen LogP contribution in [0.5, 0.6) is 0 Å². The Hall–Kier alpha value is -1.76. The molecule has 0 N–H and O–H groups in total. The molecule has 1 heteroatoms. The predicted octanol–water partition coefficient (Wildman–Crippen LogP) is 5.36. The topological polar surface area (TPSA) is 3.24 Å². The van der Waals surface area contributed by atoms with Crippen LogP contribution in [0.4, 0.5) is 5.69 Å². The lowest BCUT2D eigenvalue weighted by molar-refractivity contribution is 1.14. The summed E-state index contributed by atoms with van der Waals surface area (Å²) < 4.78 is 0. The van der Waals surface area contributed by atoms with Gasteiger partial charge in [0, 0.05) is 25.2 Å². The fourth-order valence-electron chi connectivity index (χ4n) is 2.18. The van der Waals surface area contributed by atoms with Gasteiger partial charge in [0.2, 0.25) is 0 Å². The van der Waals surface area contributed by atoms with Crippen molar-refractivity contribution >= 4 is 22.0 Å². The molecule has 0 unspecified atom stereocenters. The van der Waals surface area contributed by atoms with Crippen molar-refractivity contribution in [2.24, 2.45) is 0 Å². The van der Waals surface area contributed by atoms with Crippen LogP contribution in [0.3, 0.4) is 0 Å². The Morgan fingerprint density at radius 1 is 1.00 bits per heavy atom. The largest absolute Gasteiger partial charge is 0.377 e. The predicted molar refractivity (Wildman–Crippen MR) is 88.9 cm³/mol. The van der Waals surface area contributed by atoms with Crippen molar-refractivity contribution in [1.82, 2.24) is 0 Å². The van der Waals surface area contributed by atoms with Crippen LogP contribution in [-0.2, 0) is 0 Å². The summed E-state index contributed by atoms with van der Waals surface area (Å²) >= 11 is 0. The molecule has 19 heavy (non-hydrogen) atoms. The third-order valence-corrected chi connectivity index (χ3v) is 3.22. The average Bonchev–Trinajstić information content (AvgIpc) is 2.47. The van der Waals surface area contributed by atoms with Crippen molar-refractivity contribution in [1.29, 1.82) is 0 Å². The molecule has 0 saturated carbocycles. The zero-order valence-corrected chi connectivity index (χ0v) is 13.0. The summed E-state index contributed by atoms with van der Waals surface area (Å²) in [6, 6.07) is 13.0. The maximum Gasteiger partial charge on any atom is 0.0446 e. The number of nitrogens with zero attached hydrogens (tertiary/aromatic N) is 1. The van der Waals surface area contributed by atoms with Gasteiger partial charge in [-0.3, -0.25) is 0 Å². The van der Waals surface area contributed by atoms with Crippen molar-refractivity contribution in [2.75, 3.05) is 19.0 Å². The van der Waals surface area contributed by atoms with Crippen LogP contribution in [0.2, 0.25) is 0 Å². The number of fused-ring (bicyclic) bond motifs is 1. The molecule has 2 aromatic rings. The van der Waals surface area contributed by atoms with Gasteiger partial charge in [-0.2, -0.15) is 0 Å². The first-order chi connectivity index (χ1) is 9.15. The Morgan fingerprint density at radius 2 is 1.58 bits per heavy atom. The lowest BCUT2D eigenvalue weighted by Gasteiger charge is -2.18. The molecule has 0 aromatic heterocycles. The molecule has 0 fully saturated rings. The van der Waals surface area contributed by atoms with E-state index in [0.717, 1.165) is 0 Å². The lowest BCUT2D eigenvalue weighted by Crippen LogP contribution is -2.09. The van der Waals surface area contributed by atoms with Crippen LogP contribution in [-0.4, -0.2) is 14.1 Å². The van der Waals surface area contributed by atoms with E-state index >= 15 is 0 Å². The number of rotatable bonds is 2. The molecule has 0 heterocycles. The summed E-state index contributed by atoms with van der Waals surface area (Å²) in [5.41, 5.74) is 3.93. The van der Waals surface area contributed by atoms with E-state index in [-0.39, 0.29) is 0 Å². The first-order valence-electron chi connectivity index (χ1n) is 6.97. The molecule has 1 nitrogen and oxygen atoms in total. The van der Waals surface area contributed by atoms with Crippen molar-refractivity contribution < 1.29 is 0 Å². The smallest absolute Gasteiger partial charge is 0.0446 e. The quantitative estimate of drug-likeness (QED) is 0.698. The molecule has 0 saturated heterocycles. The van der Waals surface area contributed by atoms with Crippen molar-refractivity contribution in [3.05, 3.63) is 48.0 Å². The van der Waals surface area contributed by atoms with E-state index in [2.05, 4.69) is 75.3 Å². The van der Waals surface area contributed by atoms with Gasteiger partial charge in [0.05, 0.1) is 0 Å². The summed E-state index contributed by atoms with van der Waals surface area (Å²) in [5.74, 6) is 0. The first-order valence-corrected chi connectivity index (χ1v) is 6.97. The summed E-state index contributed by atoms with van der Waals surface area (Å²) in [4.78, 5) is 2.18. The first kappa shape index (κ1) is 15.3. The molecule has 0 bridgehead atoms. The number of anilines is 1. The molecular weight excluding hydrogens is 230 g/mol. The summed E-state index contributed by atoms with van der Waals surface area (Å²) in [7, 11) is 4.19. The number of benzene rings is 2. The molecule has 0 amide bonds. The maximum absolute atomic E-state index is 2.20. The fourth-order valence-corrected chi connectivity index (χ4v) is 2.18. The van der Waals surface area contributed by atoms with Crippen LogP contribution in [0.25, 0.3) is 16.3 Å².